The molecule has 0 saturated heterocycles. The summed E-state index contributed by atoms with van der Waals surface area (Å²) in [6, 6.07) is 17.3. The lowest BCUT2D eigenvalue weighted by molar-refractivity contribution is 0.375. The fourth-order valence-electron chi connectivity index (χ4n) is 1.63. The first kappa shape index (κ1) is 15.0. The number of nitrogens with one attached hydrogen (secondary N) is 1. The predicted molar refractivity (Wildman–Crippen MR) is 91.0 cm³/mol. The Hall–Kier alpha value is -2.40. The third kappa shape index (κ3) is 5.24. The number of para-hydroxylation sites is 1. The van der Waals surface area contributed by atoms with Crippen molar-refractivity contribution in [2.24, 2.45) is 10.7 Å². The van der Waals surface area contributed by atoms with Crippen molar-refractivity contribution in [3.05, 3.63) is 60.2 Å². The second kappa shape index (κ2) is 7.40. The highest BCUT2D eigenvalue weighted by molar-refractivity contribution is 7.80. The molecule has 0 radical (unpaired) electrons. The van der Waals surface area contributed by atoms with Crippen LogP contribution in [0, 0.1) is 6.92 Å². The van der Waals surface area contributed by atoms with Gasteiger partial charge in [-0.05, 0) is 43.4 Å². The number of nitrogens with zero attached hydrogens (tertiary/aromatic N) is 1. The summed E-state index contributed by atoms with van der Waals surface area (Å²) >= 11 is 5.14. The highest BCUT2D eigenvalue weighted by atomic mass is 32.1. The van der Waals surface area contributed by atoms with Crippen LogP contribution in [-0.4, -0.2) is 17.6 Å². The predicted octanol–water partition coefficient (Wildman–Crippen LogP) is 3.13. The number of thiocarbonyl (C=S) groups is 1. The molecule has 0 bridgehead atoms. The fourth-order valence-corrected chi connectivity index (χ4v) is 1.86. The van der Waals surface area contributed by atoms with E-state index < -0.39 is 0 Å². The highest BCUT2D eigenvalue weighted by Crippen LogP contribution is 2.09. The van der Waals surface area contributed by atoms with Crippen LogP contribution in [0.3, 0.4) is 0 Å². The molecule has 0 aromatic heterocycles. The molecule has 3 N–H and O–H groups in total. The largest absolute Gasteiger partial charge is 0.486 e. The molecule has 0 saturated carbocycles. The zero-order chi connectivity index (χ0) is 15.1. The van der Waals surface area contributed by atoms with E-state index in [0.29, 0.717) is 10.9 Å². The molecule has 0 amide bonds. The minimum Gasteiger partial charge on any atom is -0.486 e. The van der Waals surface area contributed by atoms with Crippen molar-refractivity contribution in [1.82, 2.24) is 0 Å². The van der Waals surface area contributed by atoms with Gasteiger partial charge in [-0.2, -0.15) is 0 Å². The van der Waals surface area contributed by atoms with E-state index in [9.17, 15) is 0 Å². The Balaban J connectivity index is 1.86. The first-order valence-electron chi connectivity index (χ1n) is 6.52. The smallest absolute Gasteiger partial charge is 0.199 e. The molecule has 2 rings (SSSR count). The van der Waals surface area contributed by atoms with Gasteiger partial charge in [0, 0.05) is 5.69 Å². The molecule has 0 spiro atoms. The normalized spacial score (nSPS) is 11.0. The molecule has 0 heterocycles. The van der Waals surface area contributed by atoms with Gasteiger partial charge in [0.05, 0.1) is 0 Å². The van der Waals surface area contributed by atoms with Crippen molar-refractivity contribution >= 4 is 28.9 Å². The van der Waals surface area contributed by atoms with Crippen LogP contribution in [0.2, 0.25) is 0 Å². The van der Waals surface area contributed by atoms with Crippen LogP contribution in [0.5, 0.6) is 5.75 Å². The van der Waals surface area contributed by atoms with Crippen LogP contribution in [0.25, 0.3) is 0 Å². The summed E-state index contributed by atoms with van der Waals surface area (Å²) in [5.41, 5.74) is 7.86. The quantitative estimate of drug-likeness (QED) is 0.517. The molecule has 0 atom stereocenters. The second-order valence-electron chi connectivity index (χ2n) is 4.50. The minimum absolute atomic E-state index is 0.194. The second-order valence-corrected chi connectivity index (χ2v) is 4.89. The lowest BCUT2D eigenvalue weighted by atomic mass is 10.2. The van der Waals surface area contributed by atoms with Crippen molar-refractivity contribution in [1.29, 1.82) is 0 Å². The summed E-state index contributed by atoms with van der Waals surface area (Å²) in [5.74, 6) is 1.07. The summed E-state index contributed by atoms with van der Waals surface area (Å²) in [5, 5.41) is 3.32. The number of hydrogen-bond donors (Lipinski definition) is 2. The molecule has 2 aromatic carbocycles. The molecule has 0 unspecified atom stereocenters. The van der Waals surface area contributed by atoms with Gasteiger partial charge < -0.3 is 15.8 Å². The highest BCUT2D eigenvalue weighted by Gasteiger charge is 1.99. The number of ether oxygens (including phenoxy) is 1. The van der Waals surface area contributed by atoms with E-state index in [0.717, 1.165) is 11.4 Å². The first-order chi connectivity index (χ1) is 10.1. The molecule has 2 aromatic rings. The van der Waals surface area contributed by atoms with Crippen LogP contribution in [-0.2, 0) is 0 Å². The molecule has 0 aliphatic carbocycles. The van der Waals surface area contributed by atoms with Gasteiger partial charge in [-0.1, -0.05) is 35.9 Å². The lowest BCUT2D eigenvalue weighted by Gasteiger charge is -2.07. The Kier molecular flexibility index (Phi) is 5.29. The minimum atomic E-state index is 0.194. The fraction of sp³-hybridized carbons (Fsp3) is 0.125. The molecule has 0 fully saturated rings. The third-order valence-corrected chi connectivity index (χ3v) is 2.87. The Bertz CT molecular complexity index is 624. The topological polar surface area (TPSA) is 59.6 Å². The van der Waals surface area contributed by atoms with Crippen LogP contribution >= 0.6 is 12.2 Å². The zero-order valence-corrected chi connectivity index (χ0v) is 12.6. The van der Waals surface area contributed by atoms with Gasteiger partial charge in [0.15, 0.2) is 5.11 Å². The van der Waals surface area contributed by atoms with Crippen molar-refractivity contribution in [2.75, 3.05) is 11.9 Å². The molecular formula is C16H17N3OS. The van der Waals surface area contributed by atoms with Gasteiger partial charge in [0.2, 0.25) is 0 Å². The van der Waals surface area contributed by atoms with Crippen molar-refractivity contribution in [3.8, 4) is 5.75 Å². The standard InChI is InChI=1S/C16H17N3OS/c1-12-7-9-13(10-8-12)18-16(21)19-15(17)11-20-14-5-3-2-4-6-14/h2-10H,11H2,1H3,(H3,17,18,19,21). The molecule has 5 heteroatoms. The molecule has 0 aliphatic heterocycles. The Morgan fingerprint density at radius 3 is 2.48 bits per heavy atom. The van der Waals surface area contributed by atoms with E-state index in [1.807, 2.05) is 61.5 Å². The monoisotopic (exact) mass is 299 g/mol. The summed E-state index contributed by atoms with van der Waals surface area (Å²) in [7, 11) is 0. The maximum Gasteiger partial charge on any atom is 0.199 e. The van der Waals surface area contributed by atoms with E-state index in [4.69, 9.17) is 22.7 Å². The summed E-state index contributed by atoms with van der Waals surface area (Å²) in [6.45, 7) is 2.22. The molecule has 108 valence electrons. The van der Waals surface area contributed by atoms with Gasteiger partial charge in [-0.3, -0.25) is 0 Å². The average molecular weight is 299 g/mol. The lowest BCUT2D eigenvalue weighted by Crippen LogP contribution is -2.23. The van der Waals surface area contributed by atoms with Crippen LogP contribution < -0.4 is 15.8 Å². The molecule has 0 aliphatic rings. The van der Waals surface area contributed by atoms with Gasteiger partial charge in [-0.15, -0.1) is 0 Å². The first-order valence-corrected chi connectivity index (χ1v) is 6.93. The Morgan fingerprint density at radius 2 is 1.81 bits per heavy atom. The number of nitrogens with two attached hydrogens (primary N) is 1. The Morgan fingerprint density at radius 1 is 1.14 bits per heavy atom. The number of benzene rings is 2. The summed E-state index contributed by atoms with van der Waals surface area (Å²) in [4.78, 5) is 4.10. The number of aliphatic imine (C=N–C) groups is 1. The van der Waals surface area contributed by atoms with Gasteiger partial charge in [-0.25, -0.2) is 4.99 Å². The van der Waals surface area contributed by atoms with E-state index in [2.05, 4.69) is 10.3 Å². The van der Waals surface area contributed by atoms with Crippen LogP contribution in [0.15, 0.2) is 59.6 Å². The number of anilines is 1. The molecule has 21 heavy (non-hydrogen) atoms. The summed E-state index contributed by atoms with van der Waals surface area (Å²) < 4.78 is 5.49. The SMILES string of the molecule is Cc1ccc(NC(=S)/N=C(\N)COc2ccccc2)cc1. The van der Waals surface area contributed by atoms with Crippen molar-refractivity contribution in [3.63, 3.8) is 0 Å². The van der Waals surface area contributed by atoms with E-state index in [-0.39, 0.29) is 6.61 Å². The molecule has 4 nitrogen and oxygen atoms in total. The number of rotatable bonds is 4. The van der Waals surface area contributed by atoms with Gasteiger partial charge in [0.1, 0.15) is 18.2 Å². The third-order valence-electron chi connectivity index (χ3n) is 2.68. The number of amidine groups is 1. The maximum absolute atomic E-state index is 5.80. The van der Waals surface area contributed by atoms with E-state index >= 15 is 0 Å². The van der Waals surface area contributed by atoms with Gasteiger partial charge >= 0.3 is 0 Å². The average Bonchev–Trinajstić information content (AvgIpc) is 2.48. The van der Waals surface area contributed by atoms with Gasteiger partial charge in [0.25, 0.3) is 0 Å². The van der Waals surface area contributed by atoms with Crippen LogP contribution in [0.1, 0.15) is 5.56 Å². The van der Waals surface area contributed by atoms with Crippen LogP contribution in [0.4, 0.5) is 5.69 Å². The van der Waals surface area contributed by atoms with Crippen molar-refractivity contribution in [2.45, 2.75) is 6.92 Å². The summed E-state index contributed by atoms with van der Waals surface area (Å²) in [6.07, 6.45) is 0. The number of aryl methyl sites for hydroxylation is 1. The Labute approximate surface area is 129 Å². The molecular weight excluding hydrogens is 282 g/mol. The zero-order valence-electron chi connectivity index (χ0n) is 11.7. The van der Waals surface area contributed by atoms with E-state index in [1.54, 1.807) is 0 Å². The van der Waals surface area contributed by atoms with Crippen molar-refractivity contribution < 1.29 is 4.74 Å². The van der Waals surface area contributed by atoms with E-state index in [1.165, 1.54) is 5.56 Å². The number of hydrogen-bond acceptors (Lipinski definition) is 2. The maximum atomic E-state index is 5.80.